The van der Waals surface area contributed by atoms with Crippen molar-refractivity contribution in [3.63, 3.8) is 0 Å². The Balaban J connectivity index is 1.38. The minimum absolute atomic E-state index is 0.0920. The van der Waals surface area contributed by atoms with E-state index in [4.69, 9.17) is 4.74 Å². The van der Waals surface area contributed by atoms with Gasteiger partial charge >= 0.3 is 5.97 Å². The molecular formula is C19H21N3O3. The van der Waals surface area contributed by atoms with Crippen LogP contribution in [0.15, 0.2) is 36.4 Å². The standard InChI is InChI=1S/C19H21N3O3/c1-13-9-17(20-22(13)16-5-3-2-4-6-16)19(24)25-12-14-10-18(23)21(11-14)15-7-8-15/h2-6,9,14-15H,7-8,10-12H2,1H3/t14-/m0/s1. The summed E-state index contributed by atoms with van der Waals surface area (Å²) in [5, 5.41) is 4.36. The molecular weight excluding hydrogens is 318 g/mol. The third-order valence-electron chi connectivity index (χ3n) is 4.77. The molecule has 1 aromatic carbocycles. The van der Waals surface area contributed by atoms with Gasteiger partial charge < -0.3 is 9.64 Å². The van der Waals surface area contributed by atoms with Crippen LogP contribution in [0.25, 0.3) is 5.69 Å². The fourth-order valence-electron chi connectivity index (χ4n) is 3.33. The molecule has 2 heterocycles. The van der Waals surface area contributed by atoms with E-state index in [1.807, 2.05) is 42.2 Å². The van der Waals surface area contributed by atoms with Crippen molar-refractivity contribution in [2.75, 3.05) is 13.2 Å². The van der Waals surface area contributed by atoms with Crippen LogP contribution in [0, 0.1) is 12.8 Å². The number of esters is 1. The number of amides is 1. The molecule has 2 fully saturated rings. The zero-order valence-electron chi connectivity index (χ0n) is 14.2. The SMILES string of the molecule is Cc1cc(C(=O)OC[C@H]2CC(=O)N(C3CC3)C2)nn1-c1ccccc1. The average molecular weight is 339 g/mol. The summed E-state index contributed by atoms with van der Waals surface area (Å²) in [6.45, 7) is 2.87. The number of carbonyl (C=O) groups is 2. The third-order valence-corrected chi connectivity index (χ3v) is 4.77. The largest absolute Gasteiger partial charge is 0.461 e. The number of aryl methyl sites for hydroxylation is 1. The van der Waals surface area contributed by atoms with Crippen molar-refractivity contribution < 1.29 is 14.3 Å². The number of para-hydroxylation sites is 1. The van der Waals surface area contributed by atoms with Crippen LogP contribution in [0.4, 0.5) is 0 Å². The second-order valence-corrected chi connectivity index (χ2v) is 6.86. The number of ether oxygens (including phenoxy) is 1. The van der Waals surface area contributed by atoms with E-state index in [1.54, 1.807) is 10.7 Å². The maximum atomic E-state index is 12.3. The first-order chi connectivity index (χ1) is 12.1. The number of carbonyl (C=O) groups excluding carboxylic acids is 2. The Morgan fingerprint density at radius 3 is 2.76 bits per heavy atom. The van der Waals surface area contributed by atoms with Gasteiger partial charge in [0.05, 0.1) is 12.3 Å². The van der Waals surface area contributed by atoms with E-state index in [2.05, 4.69) is 5.10 Å². The van der Waals surface area contributed by atoms with Gasteiger partial charge in [0.15, 0.2) is 5.69 Å². The highest BCUT2D eigenvalue weighted by molar-refractivity contribution is 5.87. The normalized spacial score (nSPS) is 20.1. The molecule has 6 heteroatoms. The summed E-state index contributed by atoms with van der Waals surface area (Å²) in [4.78, 5) is 26.2. The van der Waals surface area contributed by atoms with Gasteiger partial charge in [0.25, 0.3) is 0 Å². The minimum Gasteiger partial charge on any atom is -0.461 e. The molecule has 1 amide bonds. The summed E-state index contributed by atoms with van der Waals surface area (Å²) in [5.41, 5.74) is 2.07. The summed E-state index contributed by atoms with van der Waals surface area (Å²) in [7, 11) is 0. The maximum absolute atomic E-state index is 12.3. The van der Waals surface area contributed by atoms with Gasteiger partial charge in [0.2, 0.25) is 5.91 Å². The molecule has 1 saturated heterocycles. The first-order valence-electron chi connectivity index (χ1n) is 8.70. The Kier molecular flexibility index (Phi) is 4.03. The Hall–Kier alpha value is -2.63. The van der Waals surface area contributed by atoms with Crippen LogP contribution in [-0.2, 0) is 9.53 Å². The predicted molar refractivity (Wildman–Crippen MR) is 91.4 cm³/mol. The summed E-state index contributed by atoms with van der Waals surface area (Å²) >= 11 is 0. The van der Waals surface area contributed by atoms with E-state index >= 15 is 0 Å². The lowest BCUT2D eigenvalue weighted by Crippen LogP contribution is -2.28. The van der Waals surface area contributed by atoms with Gasteiger partial charge in [0, 0.05) is 30.6 Å². The van der Waals surface area contributed by atoms with Gasteiger partial charge in [-0.3, -0.25) is 4.79 Å². The summed E-state index contributed by atoms with van der Waals surface area (Å²) in [6.07, 6.45) is 2.68. The molecule has 130 valence electrons. The van der Waals surface area contributed by atoms with Gasteiger partial charge in [-0.05, 0) is 38.0 Å². The second-order valence-electron chi connectivity index (χ2n) is 6.86. The highest BCUT2D eigenvalue weighted by atomic mass is 16.5. The van der Waals surface area contributed by atoms with E-state index < -0.39 is 5.97 Å². The zero-order chi connectivity index (χ0) is 17.4. The molecule has 1 saturated carbocycles. The van der Waals surface area contributed by atoms with Crippen LogP contribution in [0.5, 0.6) is 0 Å². The van der Waals surface area contributed by atoms with Crippen LogP contribution in [0.2, 0.25) is 0 Å². The van der Waals surface area contributed by atoms with Gasteiger partial charge in [0.1, 0.15) is 0 Å². The predicted octanol–water partition coefficient (Wildman–Crippen LogP) is 2.35. The number of rotatable bonds is 5. The first kappa shape index (κ1) is 15.9. The lowest BCUT2D eigenvalue weighted by atomic mass is 10.1. The van der Waals surface area contributed by atoms with Crippen LogP contribution >= 0.6 is 0 Å². The molecule has 4 rings (SSSR count). The molecule has 1 aromatic heterocycles. The quantitative estimate of drug-likeness (QED) is 0.785. The number of benzene rings is 1. The lowest BCUT2D eigenvalue weighted by Gasteiger charge is -2.15. The molecule has 0 unspecified atom stereocenters. The molecule has 0 N–H and O–H groups in total. The maximum Gasteiger partial charge on any atom is 0.358 e. The second kappa shape index (κ2) is 6.35. The molecule has 25 heavy (non-hydrogen) atoms. The Labute approximate surface area is 146 Å². The zero-order valence-corrected chi connectivity index (χ0v) is 14.2. The van der Waals surface area contributed by atoms with Crippen molar-refractivity contribution in [2.45, 2.75) is 32.2 Å². The number of likely N-dealkylation sites (tertiary alicyclic amines) is 1. The number of nitrogens with zero attached hydrogens (tertiary/aromatic N) is 3. The molecule has 1 aliphatic heterocycles. The summed E-state index contributed by atoms with van der Waals surface area (Å²) < 4.78 is 7.15. The molecule has 2 aliphatic rings. The molecule has 1 atom stereocenters. The van der Waals surface area contributed by atoms with Crippen molar-refractivity contribution in [1.29, 1.82) is 0 Å². The molecule has 0 radical (unpaired) electrons. The van der Waals surface area contributed by atoms with Crippen molar-refractivity contribution in [3.05, 3.63) is 47.8 Å². The average Bonchev–Trinajstić information content (AvgIpc) is 3.29. The lowest BCUT2D eigenvalue weighted by molar-refractivity contribution is -0.128. The molecule has 1 aliphatic carbocycles. The highest BCUT2D eigenvalue weighted by Crippen LogP contribution is 2.32. The van der Waals surface area contributed by atoms with Crippen LogP contribution in [-0.4, -0.2) is 45.8 Å². The van der Waals surface area contributed by atoms with E-state index in [9.17, 15) is 9.59 Å². The third kappa shape index (κ3) is 3.29. The number of hydrogen-bond acceptors (Lipinski definition) is 4. The molecule has 6 nitrogen and oxygen atoms in total. The van der Waals surface area contributed by atoms with E-state index in [0.717, 1.165) is 24.2 Å². The van der Waals surface area contributed by atoms with Crippen molar-refractivity contribution in [3.8, 4) is 5.69 Å². The van der Waals surface area contributed by atoms with E-state index in [1.165, 1.54) is 0 Å². The van der Waals surface area contributed by atoms with Gasteiger partial charge in [-0.2, -0.15) is 5.10 Å². The Morgan fingerprint density at radius 1 is 1.28 bits per heavy atom. The van der Waals surface area contributed by atoms with Gasteiger partial charge in [-0.15, -0.1) is 0 Å². The van der Waals surface area contributed by atoms with Crippen molar-refractivity contribution in [2.24, 2.45) is 5.92 Å². The molecule has 0 spiro atoms. The van der Waals surface area contributed by atoms with Crippen molar-refractivity contribution >= 4 is 11.9 Å². The highest BCUT2D eigenvalue weighted by Gasteiger charge is 2.39. The van der Waals surface area contributed by atoms with Crippen molar-refractivity contribution in [1.82, 2.24) is 14.7 Å². The fourth-order valence-corrected chi connectivity index (χ4v) is 3.33. The topological polar surface area (TPSA) is 64.4 Å². The number of aromatic nitrogens is 2. The fraction of sp³-hybridized carbons (Fsp3) is 0.421. The first-order valence-corrected chi connectivity index (χ1v) is 8.70. The smallest absolute Gasteiger partial charge is 0.358 e. The van der Waals surface area contributed by atoms with Crippen LogP contribution < -0.4 is 0 Å². The molecule has 2 aromatic rings. The van der Waals surface area contributed by atoms with Crippen LogP contribution in [0.1, 0.15) is 35.4 Å². The Morgan fingerprint density at radius 2 is 2.04 bits per heavy atom. The minimum atomic E-state index is -0.435. The summed E-state index contributed by atoms with van der Waals surface area (Å²) in [6, 6.07) is 11.8. The van der Waals surface area contributed by atoms with Gasteiger partial charge in [-0.1, -0.05) is 18.2 Å². The Bertz CT molecular complexity index is 796. The summed E-state index contributed by atoms with van der Waals surface area (Å²) in [5.74, 6) is -0.155. The van der Waals surface area contributed by atoms with E-state index in [-0.39, 0.29) is 18.4 Å². The van der Waals surface area contributed by atoms with E-state index in [0.29, 0.717) is 24.7 Å². The van der Waals surface area contributed by atoms with Gasteiger partial charge in [-0.25, -0.2) is 9.48 Å². The number of hydrogen-bond donors (Lipinski definition) is 0. The molecule has 0 bridgehead atoms. The monoisotopic (exact) mass is 339 g/mol. The van der Waals surface area contributed by atoms with Crippen LogP contribution in [0.3, 0.4) is 0 Å².